The maximum atomic E-state index is 12.7. The summed E-state index contributed by atoms with van der Waals surface area (Å²) in [5.41, 5.74) is 1.57. The standard InChI is InChI=1S/C15H20ClNO/c1-3-6-15(7-8-17-10-15)14(18)12-4-5-13(16)11(2)9-12/h4-5,9,17H,3,6-8,10H2,1-2H3/t15-/m0/s1. The quantitative estimate of drug-likeness (QED) is 0.843. The van der Waals surface area contributed by atoms with Crippen molar-refractivity contribution in [2.75, 3.05) is 13.1 Å². The van der Waals surface area contributed by atoms with Crippen molar-refractivity contribution in [2.45, 2.75) is 33.1 Å². The van der Waals surface area contributed by atoms with Crippen molar-refractivity contribution in [2.24, 2.45) is 5.41 Å². The lowest BCUT2D eigenvalue weighted by atomic mass is 9.76. The van der Waals surface area contributed by atoms with E-state index in [-0.39, 0.29) is 11.2 Å². The maximum absolute atomic E-state index is 12.7. The summed E-state index contributed by atoms with van der Waals surface area (Å²) in [5, 5.41) is 4.05. The zero-order chi connectivity index (χ0) is 13.2. The Balaban J connectivity index is 2.30. The van der Waals surface area contributed by atoms with E-state index < -0.39 is 0 Å². The van der Waals surface area contributed by atoms with Gasteiger partial charge < -0.3 is 5.32 Å². The van der Waals surface area contributed by atoms with Gasteiger partial charge in [-0.25, -0.2) is 0 Å². The third kappa shape index (κ3) is 2.45. The predicted octanol–water partition coefficient (Wildman–Crippen LogP) is 3.61. The third-order valence-electron chi connectivity index (χ3n) is 3.87. The van der Waals surface area contributed by atoms with Gasteiger partial charge in [0.05, 0.1) is 0 Å². The summed E-state index contributed by atoms with van der Waals surface area (Å²) in [7, 11) is 0. The minimum Gasteiger partial charge on any atom is -0.316 e. The van der Waals surface area contributed by atoms with E-state index in [1.54, 1.807) is 0 Å². The molecule has 0 bridgehead atoms. The second-order valence-electron chi connectivity index (χ2n) is 5.25. The molecule has 0 saturated carbocycles. The molecule has 1 aliphatic rings. The molecule has 0 amide bonds. The van der Waals surface area contributed by atoms with E-state index in [0.717, 1.165) is 48.5 Å². The van der Waals surface area contributed by atoms with E-state index in [9.17, 15) is 4.79 Å². The highest BCUT2D eigenvalue weighted by Crippen LogP contribution is 2.35. The first-order valence-corrected chi connectivity index (χ1v) is 6.98. The number of aryl methyl sites for hydroxylation is 1. The first kappa shape index (κ1) is 13.6. The van der Waals surface area contributed by atoms with Crippen molar-refractivity contribution in [3.63, 3.8) is 0 Å². The lowest BCUT2D eigenvalue weighted by Crippen LogP contribution is -2.33. The monoisotopic (exact) mass is 265 g/mol. The minimum atomic E-state index is -0.199. The average Bonchev–Trinajstić information content (AvgIpc) is 2.82. The molecular weight excluding hydrogens is 246 g/mol. The highest BCUT2D eigenvalue weighted by atomic mass is 35.5. The number of hydrogen-bond acceptors (Lipinski definition) is 2. The molecule has 2 nitrogen and oxygen atoms in total. The van der Waals surface area contributed by atoms with Gasteiger partial charge in [-0.05, 0) is 50.1 Å². The van der Waals surface area contributed by atoms with Crippen molar-refractivity contribution < 1.29 is 4.79 Å². The lowest BCUT2D eigenvalue weighted by molar-refractivity contribution is 0.0801. The highest BCUT2D eigenvalue weighted by molar-refractivity contribution is 6.31. The first-order valence-electron chi connectivity index (χ1n) is 6.61. The Morgan fingerprint density at radius 1 is 1.50 bits per heavy atom. The van der Waals surface area contributed by atoms with Gasteiger partial charge in [-0.3, -0.25) is 4.79 Å². The highest BCUT2D eigenvalue weighted by Gasteiger charge is 2.40. The molecule has 0 radical (unpaired) electrons. The lowest BCUT2D eigenvalue weighted by Gasteiger charge is -2.26. The fraction of sp³-hybridized carbons (Fsp3) is 0.533. The first-order chi connectivity index (χ1) is 8.59. The molecule has 1 saturated heterocycles. The number of carbonyl (C=O) groups excluding carboxylic acids is 1. The van der Waals surface area contributed by atoms with Crippen molar-refractivity contribution in [1.82, 2.24) is 5.32 Å². The van der Waals surface area contributed by atoms with E-state index in [0.29, 0.717) is 0 Å². The van der Waals surface area contributed by atoms with Gasteiger partial charge in [0.15, 0.2) is 5.78 Å². The van der Waals surface area contributed by atoms with Crippen molar-refractivity contribution in [1.29, 1.82) is 0 Å². The normalized spacial score (nSPS) is 23.3. The second kappa shape index (κ2) is 5.41. The average molecular weight is 266 g/mol. The molecule has 1 N–H and O–H groups in total. The van der Waals surface area contributed by atoms with Gasteiger partial charge in [-0.2, -0.15) is 0 Å². The molecular formula is C15H20ClNO. The molecule has 1 aromatic rings. The van der Waals surface area contributed by atoms with Gasteiger partial charge >= 0.3 is 0 Å². The molecule has 0 spiro atoms. The van der Waals surface area contributed by atoms with Gasteiger partial charge in [0.2, 0.25) is 0 Å². The van der Waals surface area contributed by atoms with Crippen LogP contribution in [0.4, 0.5) is 0 Å². The van der Waals surface area contributed by atoms with Gasteiger partial charge in [0, 0.05) is 22.5 Å². The summed E-state index contributed by atoms with van der Waals surface area (Å²) in [5.74, 6) is 0.272. The number of nitrogens with one attached hydrogen (secondary N) is 1. The van der Waals surface area contributed by atoms with E-state index in [1.165, 1.54) is 0 Å². The summed E-state index contributed by atoms with van der Waals surface area (Å²) in [4.78, 5) is 12.7. The summed E-state index contributed by atoms with van der Waals surface area (Å²) in [6, 6.07) is 5.60. The molecule has 1 aliphatic heterocycles. The zero-order valence-electron chi connectivity index (χ0n) is 11.1. The van der Waals surface area contributed by atoms with Crippen LogP contribution >= 0.6 is 11.6 Å². The van der Waals surface area contributed by atoms with Crippen LogP contribution in [-0.2, 0) is 0 Å². The van der Waals surface area contributed by atoms with Crippen molar-refractivity contribution in [3.05, 3.63) is 34.3 Å². The topological polar surface area (TPSA) is 29.1 Å². The van der Waals surface area contributed by atoms with Crippen molar-refractivity contribution in [3.8, 4) is 0 Å². The second-order valence-corrected chi connectivity index (χ2v) is 5.66. The smallest absolute Gasteiger partial charge is 0.170 e. The Morgan fingerprint density at radius 3 is 2.83 bits per heavy atom. The Labute approximate surface area is 114 Å². The van der Waals surface area contributed by atoms with E-state index in [1.807, 2.05) is 25.1 Å². The number of Topliss-reactive ketones (excluding diaryl/α,β-unsaturated/α-hetero) is 1. The number of halogens is 1. The van der Waals surface area contributed by atoms with Crippen LogP contribution in [0.15, 0.2) is 18.2 Å². The molecule has 1 atom stereocenters. The molecule has 0 aromatic heterocycles. The Bertz CT molecular complexity index is 450. The Hall–Kier alpha value is -0.860. The molecule has 1 aromatic carbocycles. The largest absolute Gasteiger partial charge is 0.316 e. The number of benzene rings is 1. The van der Waals surface area contributed by atoms with E-state index >= 15 is 0 Å². The van der Waals surface area contributed by atoms with Crippen LogP contribution in [0.25, 0.3) is 0 Å². The molecule has 1 heterocycles. The fourth-order valence-electron chi connectivity index (χ4n) is 2.84. The summed E-state index contributed by atoms with van der Waals surface area (Å²) < 4.78 is 0. The van der Waals surface area contributed by atoms with Gasteiger partial charge in [-0.15, -0.1) is 0 Å². The van der Waals surface area contributed by atoms with E-state index in [4.69, 9.17) is 11.6 Å². The molecule has 0 unspecified atom stereocenters. The number of hydrogen-bond donors (Lipinski definition) is 1. The Kier molecular flexibility index (Phi) is 4.08. The summed E-state index contributed by atoms with van der Waals surface area (Å²) in [6.07, 6.45) is 2.95. The predicted molar refractivity (Wildman–Crippen MR) is 75.3 cm³/mol. The van der Waals surface area contributed by atoms with E-state index in [2.05, 4.69) is 12.2 Å². The molecule has 2 rings (SSSR count). The van der Waals surface area contributed by atoms with Crippen LogP contribution in [-0.4, -0.2) is 18.9 Å². The van der Waals surface area contributed by atoms with Gasteiger partial charge in [-0.1, -0.05) is 24.9 Å². The molecule has 3 heteroatoms. The summed E-state index contributed by atoms with van der Waals surface area (Å²) in [6.45, 7) is 5.83. The maximum Gasteiger partial charge on any atom is 0.170 e. The van der Waals surface area contributed by atoms with Crippen LogP contribution < -0.4 is 5.32 Å². The van der Waals surface area contributed by atoms with Gasteiger partial charge in [0.1, 0.15) is 0 Å². The molecule has 18 heavy (non-hydrogen) atoms. The van der Waals surface area contributed by atoms with Crippen LogP contribution in [0.2, 0.25) is 5.02 Å². The molecule has 98 valence electrons. The minimum absolute atomic E-state index is 0.199. The van der Waals surface area contributed by atoms with Crippen molar-refractivity contribution >= 4 is 17.4 Å². The summed E-state index contributed by atoms with van der Waals surface area (Å²) >= 11 is 6.02. The zero-order valence-corrected chi connectivity index (χ0v) is 11.8. The number of carbonyl (C=O) groups is 1. The van der Waals surface area contributed by atoms with Crippen LogP contribution in [0, 0.1) is 12.3 Å². The van der Waals surface area contributed by atoms with Crippen LogP contribution in [0.1, 0.15) is 42.1 Å². The molecule has 0 aliphatic carbocycles. The SMILES string of the molecule is CCC[C@]1(C(=O)c2ccc(Cl)c(C)c2)CCNC1. The van der Waals surface area contributed by atoms with Crippen LogP contribution in [0.5, 0.6) is 0 Å². The van der Waals surface area contributed by atoms with Crippen LogP contribution in [0.3, 0.4) is 0 Å². The third-order valence-corrected chi connectivity index (χ3v) is 4.30. The number of ketones is 1. The molecule has 1 fully saturated rings. The fourth-order valence-corrected chi connectivity index (χ4v) is 2.95. The Morgan fingerprint density at radius 2 is 2.28 bits per heavy atom. The van der Waals surface area contributed by atoms with Gasteiger partial charge in [0.25, 0.3) is 0 Å². The number of rotatable bonds is 4.